The highest BCUT2D eigenvalue weighted by molar-refractivity contribution is 9.10. The average molecular weight is 314 g/mol. The van der Waals surface area contributed by atoms with Crippen LogP contribution in [0, 0.1) is 16.0 Å². The lowest BCUT2D eigenvalue weighted by Crippen LogP contribution is -2.31. The van der Waals surface area contributed by atoms with E-state index in [1.165, 1.54) is 6.07 Å². The molecule has 0 saturated heterocycles. The topological polar surface area (TPSA) is 59.3 Å². The Morgan fingerprint density at radius 1 is 1.61 bits per heavy atom. The summed E-state index contributed by atoms with van der Waals surface area (Å²) in [7, 11) is 0. The Hall–Kier alpha value is -1.17. The number of hydrogen-bond acceptors (Lipinski definition) is 4. The van der Waals surface area contributed by atoms with Gasteiger partial charge in [-0.25, -0.2) is 4.98 Å². The highest BCUT2D eigenvalue weighted by Gasteiger charge is 2.34. The summed E-state index contributed by atoms with van der Waals surface area (Å²) in [5.41, 5.74) is 0.0805. The zero-order valence-electron chi connectivity index (χ0n) is 10.5. The van der Waals surface area contributed by atoms with Crippen molar-refractivity contribution in [1.29, 1.82) is 0 Å². The molecule has 0 radical (unpaired) electrons. The third-order valence-electron chi connectivity index (χ3n) is 2.83. The standard InChI is InChI=1S/C12H16BrN3O2/c1-8(2)7-15(10-3-4-10)12-11(16(17)18)5-9(13)6-14-12/h5-6,8,10H,3-4,7H2,1-2H3. The van der Waals surface area contributed by atoms with Crippen molar-refractivity contribution >= 4 is 27.4 Å². The molecule has 1 aromatic rings. The lowest BCUT2D eigenvalue weighted by Gasteiger charge is -2.25. The van der Waals surface area contributed by atoms with Gasteiger partial charge in [-0.15, -0.1) is 0 Å². The monoisotopic (exact) mass is 313 g/mol. The van der Waals surface area contributed by atoms with Crippen LogP contribution in [-0.2, 0) is 0 Å². The van der Waals surface area contributed by atoms with Gasteiger partial charge in [0.1, 0.15) is 0 Å². The maximum absolute atomic E-state index is 11.1. The van der Waals surface area contributed by atoms with Crippen LogP contribution < -0.4 is 4.90 Å². The van der Waals surface area contributed by atoms with E-state index >= 15 is 0 Å². The van der Waals surface area contributed by atoms with Gasteiger partial charge >= 0.3 is 5.69 Å². The number of hydrogen-bond donors (Lipinski definition) is 0. The molecule has 0 atom stereocenters. The lowest BCUT2D eigenvalue weighted by atomic mass is 10.2. The van der Waals surface area contributed by atoms with E-state index in [0.717, 1.165) is 19.4 Å². The zero-order chi connectivity index (χ0) is 13.3. The minimum Gasteiger partial charge on any atom is -0.348 e. The first-order valence-electron chi connectivity index (χ1n) is 6.05. The molecular weight excluding hydrogens is 298 g/mol. The molecule has 1 saturated carbocycles. The van der Waals surface area contributed by atoms with Crippen LogP contribution in [0.5, 0.6) is 0 Å². The van der Waals surface area contributed by atoms with Crippen LogP contribution in [0.2, 0.25) is 0 Å². The molecule has 0 unspecified atom stereocenters. The van der Waals surface area contributed by atoms with Crippen molar-refractivity contribution in [2.45, 2.75) is 32.7 Å². The van der Waals surface area contributed by atoms with Gasteiger partial charge in [0, 0.05) is 29.3 Å². The van der Waals surface area contributed by atoms with Gasteiger partial charge in [0.25, 0.3) is 0 Å². The number of rotatable bonds is 5. The van der Waals surface area contributed by atoms with E-state index < -0.39 is 0 Å². The largest absolute Gasteiger partial charge is 0.348 e. The fourth-order valence-corrected chi connectivity index (χ4v) is 2.28. The quantitative estimate of drug-likeness (QED) is 0.617. The van der Waals surface area contributed by atoms with Gasteiger partial charge in [-0.05, 0) is 34.7 Å². The molecule has 0 N–H and O–H groups in total. The van der Waals surface area contributed by atoms with Gasteiger partial charge in [0.05, 0.1) is 4.92 Å². The predicted octanol–water partition coefficient (Wildman–Crippen LogP) is 3.38. The molecule has 1 aliphatic carbocycles. The van der Waals surface area contributed by atoms with E-state index in [-0.39, 0.29) is 10.6 Å². The van der Waals surface area contributed by atoms with Gasteiger partial charge in [-0.3, -0.25) is 10.1 Å². The SMILES string of the molecule is CC(C)CN(c1ncc(Br)cc1[N+](=O)[O-])C1CC1. The van der Waals surface area contributed by atoms with Crippen molar-refractivity contribution in [2.75, 3.05) is 11.4 Å². The Labute approximate surface area is 114 Å². The van der Waals surface area contributed by atoms with Crippen LogP contribution in [0.1, 0.15) is 26.7 Å². The molecule has 0 aromatic carbocycles. The summed E-state index contributed by atoms with van der Waals surface area (Å²) in [4.78, 5) is 17.1. The smallest absolute Gasteiger partial charge is 0.312 e. The summed E-state index contributed by atoms with van der Waals surface area (Å²) in [6.45, 7) is 5.03. The molecule has 1 aromatic heterocycles. The van der Waals surface area contributed by atoms with Crippen LogP contribution in [0.3, 0.4) is 0 Å². The highest BCUT2D eigenvalue weighted by atomic mass is 79.9. The number of nitro groups is 1. The van der Waals surface area contributed by atoms with E-state index in [1.54, 1.807) is 6.20 Å². The molecule has 1 fully saturated rings. The third-order valence-corrected chi connectivity index (χ3v) is 3.27. The Balaban J connectivity index is 2.37. The van der Waals surface area contributed by atoms with Gasteiger partial charge in [-0.1, -0.05) is 13.8 Å². The fourth-order valence-electron chi connectivity index (χ4n) is 1.97. The highest BCUT2D eigenvalue weighted by Crippen LogP contribution is 2.36. The Bertz CT molecular complexity index is 461. The zero-order valence-corrected chi connectivity index (χ0v) is 12.1. The first-order chi connectivity index (χ1) is 8.49. The van der Waals surface area contributed by atoms with Crippen molar-refractivity contribution in [1.82, 2.24) is 4.98 Å². The second-order valence-electron chi connectivity index (χ2n) is 5.03. The van der Waals surface area contributed by atoms with Crippen molar-refractivity contribution in [2.24, 2.45) is 5.92 Å². The molecule has 2 rings (SSSR count). The summed E-state index contributed by atoms with van der Waals surface area (Å²) in [5.74, 6) is 0.954. The molecule has 0 spiro atoms. The summed E-state index contributed by atoms with van der Waals surface area (Å²) >= 11 is 3.23. The van der Waals surface area contributed by atoms with Crippen LogP contribution in [0.15, 0.2) is 16.7 Å². The van der Waals surface area contributed by atoms with E-state index in [0.29, 0.717) is 22.3 Å². The fraction of sp³-hybridized carbons (Fsp3) is 0.583. The molecule has 0 amide bonds. The molecule has 6 heteroatoms. The third kappa shape index (κ3) is 2.98. The Morgan fingerprint density at radius 3 is 2.78 bits per heavy atom. The van der Waals surface area contributed by atoms with Gasteiger partial charge in [0.15, 0.2) is 0 Å². The average Bonchev–Trinajstić information content (AvgIpc) is 3.09. The van der Waals surface area contributed by atoms with E-state index in [2.05, 4.69) is 39.7 Å². The van der Waals surface area contributed by atoms with E-state index in [1.807, 2.05) is 0 Å². The number of halogens is 1. The van der Waals surface area contributed by atoms with Gasteiger partial charge in [-0.2, -0.15) is 0 Å². The van der Waals surface area contributed by atoms with Crippen molar-refractivity contribution in [3.05, 3.63) is 26.9 Å². The predicted molar refractivity (Wildman–Crippen MR) is 73.8 cm³/mol. The summed E-state index contributed by atoms with van der Waals surface area (Å²) in [6, 6.07) is 1.94. The minimum atomic E-state index is -0.358. The maximum Gasteiger partial charge on any atom is 0.312 e. The van der Waals surface area contributed by atoms with E-state index in [4.69, 9.17) is 0 Å². The maximum atomic E-state index is 11.1. The first-order valence-corrected chi connectivity index (χ1v) is 6.85. The van der Waals surface area contributed by atoms with Crippen LogP contribution in [0.25, 0.3) is 0 Å². The number of pyridine rings is 1. The first kappa shape index (κ1) is 13.3. The Morgan fingerprint density at radius 2 is 2.28 bits per heavy atom. The molecule has 98 valence electrons. The molecule has 1 heterocycles. The minimum absolute atomic E-state index is 0.0805. The molecule has 18 heavy (non-hydrogen) atoms. The second-order valence-corrected chi connectivity index (χ2v) is 5.95. The van der Waals surface area contributed by atoms with Crippen LogP contribution in [0.4, 0.5) is 11.5 Å². The van der Waals surface area contributed by atoms with Crippen molar-refractivity contribution < 1.29 is 4.92 Å². The molecule has 0 bridgehead atoms. The molecule has 1 aliphatic rings. The van der Waals surface area contributed by atoms with Crippen molar-refractivity contribution in [3.63, 3.8) is 0 Å². The van der Waals surface area contributed by atoms with Gasteiger partial charge < -0.3 is 4.90 Å². The molecule has 5 nitrogen and oxygen atoms in total. The Kier molecular flexibility index (Phi) is 3.85. The molecular formula is C12H16BrN3O2. The normalized spacial score (nSPS) is 14.9. The number of nitrogens with zero attached hydrogens (tertiary/aromatic N) is 3. The van der Waals surface area contributed by atoms with E-state index in [9.17, 15) is 10.1 Å². The summed E-state index contributed by atoms with van der Waals surface area (Å²) in [5, 5.41) is 11.1. The lowest BCUT2D eigenvalue weighted by molar-refractivity contribution is -0.384. The summed E-state index contributed by atoms with van der Waals surface area (Å²) < 4.78 is 0.637. The number of aromatic nitrogens is 1. The number of anilines is 1. The molecule has 0 aliphatic heterocycles. The van der Waals surface area contributed by atoms with Crippen LogP contribution in [-0.4, -0.2) is 22.5 Å². The second kappa shape index (κ2) is 5.22. The van der Waals surface area contributed by atoms with Crippen LogP contribution >= 0.6 is 15.9 Å². The van der Waals surface area contributed by atoms with Gasteiger partial charge in [0.2, 0.25) is 5.82 Å². The van der Waals surface area contributed by atoms with Crippen molar-refractivity contribution in [3.8, 4) is 0 Å². The summed E-state index contributed by atoms with van der Waals surface area (Å²) in [6.07, 6.45) is 3.82.